The number of hydrogen-bond donors (Lipinski definition) is 1. The van der Waals surface area contributed by atoms with Crippen molar-refractivity contribution in [2.45, 2.75) is 32.2 Å². The van der Waals surface area contributed by atoms with Gasteiger partial charge in [0.2, 0.25) is 0 Å². The maximum atomic E-state index is 11.6. The molecule has 0 spiro atoms. The quantitative estimate of drug-likeness (QED) is 0.750. The number of nitrogens with zero attached hydrogens (tertiary/aromatic N) is 1. The third-order valence-corrected chi connectivity index (χ3v) is 3.98. The molecule has 0 radical (unpaired) electrons. The predicted octanol–water partition coefficient (Wildman–Crippen LogP) is 3.03. The average molecular weight is 311 g/mol. The molecule has 0 aliphatic carbocycles. The third-order valence-electron chi connectivity index (χ3n) is 2.95. The molecule has 0 unspecified atom stereocenters. The van der Waals surface area contributed by atoms with E-state index in [4.69, 9.17) is 9.16 Å². The molecule has 118 valence electrons. The fraction of sp³-hybridized carbons (Fsp3) is 0.533. The molecule has 0 saturated carbocycles. The van der Waals surface area contributed by atoms with Crippen LogP contribution >= 0.6 is 0 Å². The summed E-state index contributed by atoms with van der Waals surface area (Å²) in [6.45, 7) is 7.27. The summed E-state index contributed by atoms with van der Waals surface area (Å²) in [7, 11) is -0.123. The molecule has 5 nitrogen and oxygen atoms in total. The zero-order chi connectivity index (χ0) is 15.9. The van der Waals surface area contributed by atoms with Gasteiger partial charge in [0.05, 0.1) is 19.3 Å². The van der Waals surface area contributed by atoms with Crippen molar-refractivity contribution in [2.75, 3.05) is 20.3 Å². The van der Waals surface area contributed by atoms with Gasteiger partial charge >= 0.3 is 6.09 Å². The van der Waals surface area contributed by atoms with Crippen LogP contribution in [0.2, 0.25) is 19.6 Å². The Morgan fingerprint density at radius 2 is 1.86 bits per heavy atom. The number of benzene rings is 1. The molecule has 0 bridgehead atoms. The van der Waals surface area contributed by atoms with Crippen LogP contribution in [0.4, 0.5) is 4.79 Å². The number of methoxy groups -OCH3 is 1. The minimum Gasteiger partial charge on any atom is -0.465 e. The summed E-state index contributed by atoms with van der Waals surface area (Å²) < 4.78 is 11.0. The van der Waals surface area contributed by atoms with Crippen LogP contribution in [0.15, 0.2) is 30.3 Å². The van der Waals surface area contributed by atoms with E-state index in [1.807, 2.05) is 30.3 Å². The van der Waals surface area contributed by atoms with E-state index in [1.54, 1.807) is 7.11 Å². The molecule has 1 aromatic rings. The molecule has 0 heterocycles. The Balaban J connectivity index is 2.80. The van der Waals surface area contributed by atoms with E-state index in [0.29, 0.717) is 19.8 Å². The molecule has 0 aliphatic heterocycles. The van der Waals surface area contributed by atoms with Crippen molar-refractivity contribution in [2.24, 2.45) is 0 Å². The second-order valence-electron chi connectivity index (χ2n) is 5.93. The van der Waals surface area contributed by atoms with Gasteiger partial charge in [-0.05, 0) is 25.2 Å². The van der Waals surface area contributed by atoms with E-state index >= 15 is 0 Å². The first kappa shape index (κ1) is 17.7. The lowest BCUT2D eigenvalue weighted by Crippen LogP contribution is -2.46. The molecule has 0 saturated heterocycles. The highest BCUT2D eigenvalue weighted by Crippen LogP contribution is 2.12. The summed E-state index contributed by atoms with van der Waals surface area (Å²) in [6.07, 6.45) is -0.958. The number of ether oxygens (including phenoxy) is 1. The Morgan fingerprint density at radius 1 is 1.24 bits per heavy atom. The van der Waals surface area contributed by atoms with Crippen LogP contribution in [-0.2, 0) is 15.7 Å². The van der Waals surface area contributed by atoms with Crippen LogP contribution in [-0.4, -0.2) is 50.8 Å². The smallest absolute Gasteiger partial charge is 0.408 e. The van der Waals surface area contributed by atoms with E-state index in [9.17, 15) is 9.90 Å². The van der Waals surface area contributed by atoms with Crippen LogP contribution in [0, 0.1) is 0 Å². The zero-order valence-corrected chi connectivity index (χ0v) is 14.2. The first-order valence-electron chi connectivity index (χ1n) is 7.00. The fourth-order valence-electron chi connectivity index (χ4n) is 1.90. The summed E-state index contributed by atoms with van der Waals surface area (Å²) in [5.74, 6) is 0. The topological polar surface area (TPSA) is 59.0 Å². The van der Waals surface area contributed by atoms with Gasteiger partial charge in [-0.15, -0.1) is 0 Å². The fourth-order valence-corrected chi connectivity index (χ4v) is 2.59. The zero-order valence-electron chi connectivity index (χ0n) is 13.2. The van der Waals surface area contributed by atoms with Crippen LogP contribution in [0.5, 0.6) is 0 Å². The predicted molar refractivity (Wildman–Crippen MR) is 85.0 cm³/mol. The Labute approximate surface area is 127 Å². The highest BCUT2D eigenvalue weighted by Gasteiger charge is 2.26. The SMILES string of the molecule is COC[C@@H](CO[Si](C)(C)C)N(Cc1ccccc1)C(=O)O. The van der Waals surface area contributed by atoms with Crippen molar-refractivity contribution in [3.8, 4) is 0 Å². The van der Waals surface area contributed by atoms with Crippen LogP contribution in [0.1, 0.15) is 5.56 Å². The summed E-state index contributed by atoms with van der Waals surface area (Å²) in [5, 5.41) is 9.49. The first-order chi connectivity index (χ1) is 9.83. The first-order valence-corrected chi connectivity index (χ1v) is 10.4. The summed E-state index contributed by atoms with van der Waals surface area (Å²) >= 11 is 0. The number of amides is 1. The molecular formula is C15H25NO4Si. The van der Waals surface area contributed by atoms with Crippen molar-refractivity contribution in [3.63, 3.8) is 0 Å². The lowest BCUT2D eigenvalue weighted by Gasteiger charge is -2.31. The van der Waals surface area contributed by atoms with E-state index in [1.165, 1.54) is 4.90 Å². The lowest BCUT2D eigenvalue weighted by atomic mass is 10.2. The van der Waals surface area contributed by atoms with Gasteiger partial charge in [0.25, 0.3) is 0 Å². The van der Waals surface area contributed by atoms with Crippen LogP contribution < -0.4 is 0 Å². The Kier molecular flexibility index (Phi) is 6.87. The van der Waals surface area contributed by atoms with E-state index < -0.39 is 14.4 Å². The Bertz CT molecular complexity index is 433. The number of rotatable bonds is 8. The van der Waals surface area contributed by atoms with Gasteiger partial charge in [0.15, 0.2) is 8.32 Å². The average Bonchev–Trinajstić information content (AvgIpc) is 2.41. The van der Waals surface area contributed by atoms with Gasteiger partial charge in [-0.25, -0.2) is 4.79 Å². The summed E-state index contributed by atoms with van der Waals surface area (Å²) in [6, 6.07) is 9.24. The largest absolute Gasteiger partial charge is 0.465 e. The lowest BCUT2D eigenvalue weighted by molar-refractivity contribution is 0.0514. The second kappa shape index (κ2) is 8.16. The molecule has 21 heavy (non-hydrogen) atoms. The molecule has 1 aromatic carbocycles. The van der Waals surface area contributed by atoms with Crippen molar-refractivity contribution < 1.29 is 19.1 Å². The molecule has 1 amide bonds. The highest BCUT2D eigenvalue weighted by atomic mass is 28.4. The minimum absolute atomic E-state index is 0.306. The van der Waals surface area contributed by atoms with E-state index in [-0.39, 0.29) is 6.04 Å². The van der Waals surface area contributed by atoms with Crippen LogP contribution in [0.25, 0.3) is 0 Å². The van der Waals surface area contributed by atoms with E-state index in [0.717, 1.165) is 5.56 Å². The number of hydrogen-bond acceptors (Lipinski definition) is 3. The molecule has 1 rings (SSSR count). The Morgan fingerprint density at radius 3 is 2.33 bits per heavy atom. The van der Waals surface area contributed by atoms with Crippen LogP contribution in [0.3, 0.4) is 0 Å². The highest BCUT2D eigenvalue weighted by molar-refractivity contribution is 6.69. The summed E-state index contributed by atoms with van der Waals surface area (Å²) in [4.78, 5) is 13.0. The standard InChI is InChI=1S/C15H25NO4Si/c1-19-11-14(12-20-21(2,3)4)16(15(17)18)10-13-8-6-5-7-9-13/h5-9,14H,10-12H2,1-4H3,(H,17,18)/t14-/m0/s1. The molecule has 1 N–H and O–H groups in total. The van der Waals surface area contributed by atoms with Gasteiger partial charge in [-0.1, -0.05) is 30.3 Å². The molecular weight excluding hydrogens is 286 g/mol. The number of carbonyl (C=O) groups is 1. The minimum atomic E-state index is -1.70. The van der Waals surface area contributed by atoms with E-state index in [2.05, 4.69) is 19.6 Å². The van der Waals surface area contributed by atoms with Gasteiger partial charge < -0.3 is 14.3 Å². The molecule has 1 atom stereocenters. The van der Waals surface area contributed by atoms with Crippen molar-refractivity contribution in [3.05, 3.63) is 35.9 Å². The van der Waals surface area contributed by atoms with Gasteiger partial charge in [-0.3, -0.25) is 4.90 Å². The van der Waals surface area contributed by atoms with Gasteiger partial charge in [0, 0.05) is 13.7 Å². The molecule has 6 heteroatoms. The molecule has 0 aromatic heterocycles. The third kappa shape index (κ3) is 6.75. The number of carboxylic acid groups (broad SMARTS) is 1. The van der Waals surface area contributed by atoms with Crippen molar-refractivity contribution in [1.82, 2.24) is 4.90 Å². The Hall–Kier alpha value is -1.37. The summed E-state index contributed by atoms with van der Waals surface area (Å²) in [5.41, 5.74) is 0.953. The second-order valence-corrected chi connectivity index (χ2v) is 10.4. The van der Waals surface area contributed by atoms with Crippen molar-refractivity contribution >= 4 is 14.4 Å². The van der Waals surface area contributed by atoms with Crippen molar-refractivity contribution in [1.29, 1.82) is 0 Å². The van der Waals surface area contributed by atoms with Gasteiger partial charge in [0.1, 0.15) is 0 Å². The monoisotopic (exact) mass is 311 g/mol. The molecule has 0 aliphatic rings. The maximum Gasteiger partial charge on any atom is 0.408 e. The normalized spacial score (nSPS) is 13.0. The van der Waals surface area contributed by atoms with Gasteiger partial charge in [-0.2, -0.15) is 0 Å². The molecule has 0 fully saturated rings. The maximum absolute atomic E-state index is 11.6.